The fourth-order valence-corrected chi connectivity index (χ4v) is 5.95. The number of hydrogen-bond acceptors (Lipinski definition) is 8. The molecule has 0 spiro atoms. The van der Waals surface area contributed by atoms with E-state index in [-0.39, 0.29) is 39.4 Å². The highest BCUT2D eigenvalue weighted by atomic mass is 32.2. The molecule has 2 aromatic carbocycles. The quantitative estimate of drug-likeness (QED) is 0.133. The van der Waals surface area contributed by atoms with Crippen LogP contribution < -0.4 is 15.5 Å². The number of rotatable bonds is 9. The van der Waals surface area contributed by atoms with Crippen molar-refractivity contribution < 1.29 is 23.4 Å². The van der Waals surface area contributed by atoms with Crippen LogP contribution in [-0.4, -0.2) is 56.3 Å². The van der Waals surface area contributed by atoms with Crippen LogP contribution in [0.1, 0.15) is 54.2 Å². The lowest BCUT2D eigenvalue weighted by atomic mass is 9.85. The Bertz CT molecular complexity index is 1520. The van der Waals surface area contributed by atoms with E-state index in [1.165, 1.54) is 6.07 Å². The SMILES string of the molecule is CCN(C(=O)c1[nH]cc(C(=N)SC(=N)Cc2ccc(F)cc2F)c(=O)c1O)C1(NC)CCC(Oc2ccccc2)CC1. The second-order valence-electron chi connectivity index (χ2n) is 9.98. The van der Waals surface area contributed by atoms with Gasteiger partial charge >= 0.3 is 0 Å². The van der Waals surface area contributed by atoms with Crippen molar-refractivity contribution >= 4 is 27.8 Å². The Labute approximate surface area is 246 Å². The Balaban J connectivity index is 1.46. The molecule has 0 unspecified atom stereocenters. The average molecular weight is 598 g/mol. The van der Waals surface area contributed by atoms with Gasteiger partial charge in [0.15, 0.2) is 11.4 Å². The van der Waals surface area contributed by atoms with Gasteiger partial charge in [-0.2, -0.15) is 0 Å². The third-order valence-electron chi connectivity index (χ3n) is 7.46. The van der Waals surface area contributed by atoms with Gasteiger partial charge in [-0.15, -0.1) is 0 Å². The molecule has 1 fully saturated rings. The van der Waals surface area contributed by atoms with E-state index in [1.807, 2.05) is 37.3 Å². The molecule has 0 atom stereocenters. The van der Waals surface area contributed by atoms with Crippen molar-refractivity contribution in [1.82, 2.24) is 15.2 Å². The molecular formula is C30H33F2N5O4S. The summed E-state index contributed by atoms with van der Waals surface area (Å²) in [4.78, 5) is 31.0. The van der Waals surface area contributed by atoms with Crippen LogP contribution in [0.25, 0.3) is 0 Å². The number of carbonyl (C=O) groups excluding carboxylic acids is 1. The molecule has 1 aromatic heterocycles. The molecule has 42 heavy (non-hydrogen) atoms. The first-order chi connectivity index (χ1) is 20.1. The minimum absolute atomic E-state index is 0.0167. The van der Waals surface area contributed by atoms with Crippen molar-refractivity contribution in [3.8, 4) is 11.5 Å². The van der Waals surface area contributed by atoms with Crippen LogP contribution in [0.15, 0.2) is 59.5 Å². The van der Waals surface area contributed by atoms with Crippen molar-refractivity contribution in [3.05, 3.63) is 93.4 Å². The monoisotopic (exact) mass is 597 g/mol. The van der Waals surface area contributed by atoms with Crippen LogP contribution in [0, 0.1) is 22.5 Å². The number of H-pyrrole nitrogens is 1. The van der Waals surface area contributed by atoms with E-state index in [2.05, 4.69) is 10.3 Å². The summed E-state index contributed by atoms with van der Waals surface area (Å²) in [6, 6.07) is 12.5. The molecule has 1 saturated carbocycles. The van der Waals surface area contributed by atoms with Crippen molar-refractivity contribution in [2.45, 2.75) is 50.8 Å². The zero-order chi connectivity index (χ0) is 30.4. The molecule has 4 rings (SSSR count). The number of carbonyl (C=O) groups is 1. The first-order valence-electron chi connectivity index (χ1n) is 13.5. The lowest BCUT2D eigenvalue weighted by Crippen LogP contribution is -2.62. The number of amides is 1. The molecule has 0 bridgehead atoms. The minimum Gasteiger partial charge on any atom is -0.503 e. The van der Waals surface area contributed by atoms with Gasteiger partial charge in [-0.05, 0) is 63.4 Å². The van der Waals surface area contributed by atoms with Gasteiger partial charge in [-0.3, -0.25) is 25.7 Å². The minimum atomic E-state index is -0.940. The largest absolute Gasteiger partial charge is 0.503 e. The summed E-state index contributed by atoms with van der Waals surface area (Å²) >= 11 is 0.593. The van der Waals surface area contributed by atoms with E-state index < -0.39 is 34.4 Å². The Morgan fingerprint density at radius 3 is 2.50 bits per heavy atom. The number of benzene rings is 2. The van der Waals surface area contributed by atoms with Crippen LogP contribution in [0.2, 0.25) is 0 Å². The number of aromatic nitrogens is 1. The zero-order valence-electron chi connectivity index (χ0n) is 23.3. The lowest BCUT2D eigenvalue weighted by molar-refractivity contribution is 0.00208. The predicted molar refractivity (Wildman–Crippen MR) is 159 cm³/mol. The molecule has 1 aliphatic carbocycles. The number of aromatic amines is 1. The first-order valence-corrected chi connectivity index (χ1v) is 14.4. The van der Waals surface area contributed by atoms with Gasteiger partial charge in [0.2, 0.25) is 5.43 Å². The highest BCUT2D eigenvalue weighted by molar-refractivity contribution is 8.26. The molecule has 0 saturated heterocycles. The van der Waals surface area contributed by atoms with E-state index in [0.717, 1.165) is 18.0 Å². The summed E-state index contributed by atoms with van der Waals surface area (Å²) in [5, 5.41) is 29.9. The van der Waals surface area contributed by atoms with Crippen LogP contribution >= 0.6 is 11.8 Å². The molecule has 5 N–H and O–H groups in total. The summed E-state index contributed by atoms with van der Waals surface area (Å²) in [6.45, 7) is 2.12. The maximum Gasteiger partial charge on any atom is 0.275 e. The number of nitrogens with one attached hydrogen (secondary N) is 4. The second kappa shape index (κ2) is 13.3. The Hall–Kier alpha value is -4.03. The van der Waals surface area contributed by atoms with Crippen LogP contribution in [-0.2, 0) is 6.42 Å². The number of pyridine rings is 1. The fourth-order valence-electron chi connectivity index (χ4n) is 5.21. The molecule has 1 heterocycles. The van der Waals surface area contributed by atoms with Crippen molar-refractivity contribution in [2.75, 3.05) is 13.6 Å². The van der Waals surface area contributed by atoms with Gasteiger partial charge < -0.3 is 19.7 Å². The lowest BCUT2D eigenvalue weighted by Gasteiger charge is -2.47. The normalized spacial score (nSPS) is 18.3. The molecule has 1 aliphatic rings. The van der Waals surface area contributed by atoms with Gasteiger partial charge in [-0.1, -0.05) is 36.0 Å². The first kappa shape index (κ1) is 30.9. The number of para-hydroxylation sites is 1. The van der Waals surface area contributed by atoms with Crippen molar-refractivity contribution in [3.63, 3.8) is 0 Å². The predicted octanol–water partition coefficient (Wildman–Crippen LogP) is 5.04. The summed E-state index contributed by atoms with van der Waals surface area (Å²) in [5.41, 5.74) is -2.15. The zero-order valence-corrected chi connectivity index (χ0v) is 24.1. The molecule has 0 aliphatic heterocycles. The fraction of sp³-hybridized carbons (Fsp3) is 0.333. The van der Waals surface area contributed by atoms with Crippen LogP contribution in [0.4, 0.5) is 8.78 Å². The highest BCUT2D eigenvalue weighted by Crippen LogP contribution is 2.35. The van der Waals surface area contributed by atoms with Crippen LogP contribution in [0.3, 0.4) is 0 Å². The van der Waals surface area contributed by atoms with Crippen molar-refractivity contribution in [1.29, 1.82) is 10.8 Å². The number of aromatic hydroxyl groups is 1. The third-order valence-corrected chi connectivity index (χ3v) is 8.27. The molecule has 3 aromatic rings. The Morgan fingerprint density at radius 2 is 1.88 bits per heavy atom. The van der Waals surface area contributed by atoms with Gasteiger partial charge in [0, 0.05) is 25.2 Å². The number of nitrogens with zero attached hydrogens (tertiary/aromatic N) is 1. The Morgan fingerprint density at radius 1 is 1.19 bits per heavy atom. The van der Waals surface area contributed by atoms with E-state index in [0.29, 0.717) is 50.1 Å². The van der Waals surface area contributed by atoms with Crippen molar-refractivity contribution in [2.24, 2.45) is 0 Å². The summed E-state index contributed by atoms with van der Waals surface area (Å²) in [7, 11) is 1.77. The maximum atomic E-state index is 14.0. The number of halogens is 2. The molecule has 1 amide bonds. The van der Waals surface area contributed by atoms with Gasteiger partial charge in [-0.25, -0.2) is 8.78 Å². The topological polar surface area (TPSA) is 142 Å². The second-order valence-corrected chi connectivity index (χ2v) is 11.1. The molecular weight excluding hydrogens is 564 g/mol. The van der Waals surface area contributed by atoms with E-state index >= 15 is 0 Å². The summed E-state index contributed by atoms with van der Waals surface area (Å²) in [6.07, 6.45) is 3.46. The standard InChI is InChI=1S/C30H33F2N5O4S/c1-3-37(30(35-2)13-11-21(12-14-30)41-20-7-5-4-6-8-20)29(40)25-27(39)26(38)22(17-36-25)28(34)42-24(33)15-18-9-10-19(31)16-23(18)32/h4-10,16-17,21,33-35,39H,3,11-15H2,1-2H3,(H,36,38). The van der Waals surface area contributed by atoms with Gasteiger partial charge in [0.25, 0.3) is 5.91 Å². The van der Waals surface area contributed by atoms with E-state index in [4.69, 9.17) is 15.6 Å². The van der Waals surface area contributed by atoms with Crippen LogP contribution in [0.5, 0.6) is 11.5 Å². The smallest absolute Gasteiger partial charge is 0.275 e. The van der Waals surface area contributed by atoms with E-state index in [1.54, 1.807) is 11.9 Å². The third kappa shape index (κ3) is 6.71. The molecule has 222 valence electrons. The van der Waals surface area contributed by atoms with Gasteiger partial charge in [0.1, 0.15) is 22.4 Å². The average Bonchev–Trinajstić information content (AvgIpc) is 2.97. The molecule has 12 heteroatoms. The number of hydrogen-bond donors (Lipinski definition) is 5. The van der Waals surface area contributed by atoms with E-state index in [9.17, 15) is 23.5 Å². The Kier molecular flexibility index (Phi) is 9.79. The summed E-state index contributed by atoms with van der Waals surface area (Å²) in [5.74, 6) is -2.18. The summed E-state index contributed by atoms with van der Waals surface area (Å²) < 4.78 is 33.2. The maximum absolute atomic E-state index is 14.0. The number of ether oxygens (including phenoxy) is 1. The highest BCUT2D eigenvalue weighted by Gasteiger charge is 2.42. The number of thioether (sulfide) groups is 1. The molecule has 9 nitrogen and oxygen atoms in total. The van der Waals surface area contributed by atoms with Gasteiger partial charge in [0.05, 0.1) is 22.4 Å². The molecule has 0 radical (unpaired) electrons.